The molecule has 3 N–H and O–H groups in total. The van der Waals surface area contributed by atoms with Gasteiger partial charge in [0, 0.05) is 5.56 Å². The lowest BCUT2D eigenvalue weighted by Gasteiger charge is -2.23. The molecule has 0 aromatic heterocycles. The largest absolute Gasteiger partial charge is 1.00 e. The summed E-state index contributed by atoms with van der Waals surface area (Å²) in [5.41, 5.74) is 1.25. The summed E-state index contributed by atoms with van der Waals surface area (Å²) in [7, 11) is 0. The normalized spacial score (nSPS) is 36.6. The number of quaternary nitrogens is 1. The first-order chi connectivity index (χ1) is 7.61. The van der Waals surface area contributed by atoms with Gasteiger partial charge in [0.05, 0.1) is 0 Å². The summed E-state index contributed by atoms with van der Waals surface area (Å²) < 4.78 is 0. The van der Waals surface area contributed by atoms with Crippen LogP contribution >= 0.6 is 0 Å². The summed E-state index contributed by atoms with van der Waals surface area (Å²) in [4.78, 5) is 1.26. The van der Waals surface area contributed by atoms with Gasteiger partial charge in [-0.15, -0.1) is 0 Å². The first-order valence-corrected chi connectivity index (χ1v) is 5.87. The van der Waals surface area contributed by atoms with E-state index in [1.165, 1.54) is 10.5 Å². The fourth-order valence-electron chi connectivity index (χ4n) is 2.60. The minimum Gasteiger partial charge on any atom is -1.00 e. The van der Waals surface area contributed by atoms with E-state index in [1.54, 1.807) is 0 Å². The van der Waals surface area contributed by atoms with Crippen molar-refractivity contribution in [3.05, 3.63) is 35.9 Å². The lowest BCUT2D eigenvalue weighted by Crippen LogP contribution is -3.16. The Labute approximate surface area is 108 Å². The molecular formula is C13H20ClNO2. The molecule has 0 bridgehead atoms. The van der Waals surface area contributed by atoms with E-state index < -0.39 is 12.2 Å². The third-order valence-corrected chi connectivity index (χ3v) is 3.80. The van der Waals surface area contributed by atoms with Crippen LogP contribution in [0.2, 0.25) is 0 Å². The molecule has 1 unspecified atom stereocenters. The number of hydrogen-bond acceptors (Lipinski definition) is 2. The number of aliphatic hydroxyl groups excluding tert-OH is 2. The molecule has 0 amide bonds. The van der Waals surface area contributed by atoms with Crippen LogP contribution in [-0.4, -0.2) is 34.5 Å². The van der Waals surface area contributed by atoms with E-state index in [2.05, 4.69) is 12.1 Å². The van der Waals surface area contributed by atoms with Crippen molar-refractivity contribution in [1.82, 2.24) is 0 Å². The molecule has 1 saturated heterocycles. The van der Waals surface area contributed by atoms with E-state index in [1.807, 2.05) is 32.0 Å². The highest BCUT2D eigenvalue weighted by Crippen LogP contribution is 2.10. The topological polar surface area (TPSA) is 44.9 Å². The van der Waals surface area contributed by atoms with Crippen LogP contribution in [0, 0.1) is 0 Å². The van der Waals surface area contributed by atoms with E-state index in [9.17, 15) is 10.2 Å². The average molecular weight is 258 g/mol. The lowest BCUT2D eigenvalue weighted by molar-refractivity contribution is -0.948. The summed E-state index contributed by atoms with van der Waals surface area (Å²) in [6.45, 7) is 4.85. The van der Waals surface area contributed by atoms with Crippen molar-refractivity contribution in [3.8, 4) is 0 Å². The molecular weight excluding hydrogens is 238 g/mol. The summed E-state index contributed by atoms with van der Waals surface area (Å²) >= 11 is 0. The zero-order chi connectivity index (χ0) is 11.7. The van der Waals surface area contributed by atoms with Crippen molar-refractivity contribution in [2.24, 2.45) is 0 Å². The van der Waals surface area contributed by atoms with Crippen molar-refractivity contribution >= 4 is 0 Å². The van der Waals surface area contributed by atoms with E-state index >= 15 is 0 Å². The van der Waals surface area contributed by atoms with Gasteiger partial charge in [0.1, 0.15) is 30.8 Å². The van der Waals surface area contributed by atoms with Gasteiger partial charge in [-0.25, -0.2) is 0 Å². The van der Waals surface area contributed by atoms with Gasteiger partial charge in [-0.2, -0.15) is 0 Å². The third kappa shape index (κ3) is 2.80. The Hall–Kier alpha value is -0.610. The molecule has 0 aliphatic carbocycles. The average Bonchev–Trinajstić information content (AvgIpc) is 2.48. The van der Waals surface area contributed by atoms with Crippen LogP contribution in [0.15, 0.2) is 30.3 Å². The Bertz CT molecular complexity index is 333. The molecule has 17 heavy (non-hydrogen) atoms. The molecule has 1 fully saturated rings. The van der Waals surface area contributed by atoms with Gasteiger partial charge in [0.15, 0.2) is 0 Å². The van der Waals surface area contributed by atoms with E-state index in [-0.39, 0.29) is 24.5 Å². The number of benzene rings is 1. The van der Waals surface area contributed by atoms with Crippen LogP contribution in [0.3, 0.4) is 0 Å². The Morgan fingerprint density at radius 3 is 1.94 bits per heavy atom. The summed E-state index contributed by atoms with van der Waals surface area (Å²) in [6.07, 6.45) is -1.21. The van der Waals surface area contributed by atoms with Crippen molar-refractivity contribution in [3.63, 3.8) is 0 Å². The van der Waals surface area contributed by atoms with Gasteiger partial charge >= 0.3 is 0 Å². The maximum atomic E-state index is 9.81. The molecule has 1 aliphatic heterocycles. The van der Waals surface area contributed by atoms with Gasteiger partial charge in [-0.3, -0.25) is 0 Å². The van der Waals surface area contributed by atoms with Crippen LogP contribution in [0.25, 0.3) is 0 Å². The molecule has 4 heteroatoms. The second-order valence-electron chi connectivity index (χ2n) is 4.80. The molecule has 0 radical (unpaired) electrons. The fourth-order valence-corrected chi connectivity index (χ4v) is 2.60. The van der Waals surface area contributed by atoms with Gasteiger partial charge in [-0.05, 0) is 13.8 Å². The van der Waals surface area contributed by atoms with Crippen LogP contribution in [0.4, 0.5) is 0 Å². The highest BCUT2D eigenvalue weighted by atomic mass is 35.5. The van der Waals surface area contributed by atoms with Crippen LogP contribution < -0.4 is 17.3 Å². The van der Waals surface area contributed by atoms with Crippen molar-refractivity contribution in [2.75, 3.05) is 0 Å². The zero-order valence-corrected chi connectivity index (χ0v) is 10.9. The van der Waals surface area contributed by atoms with Gasteiger partial charge < -0.3 is 27.5 Å². The number of rotatable bonds is 2. The number of aliphatic hydroxyl groups is 2. The molecule has 1 heterocycles. The Balaban J connectivity index is 0.00000144. The van der Waals surface area contributed by atoms with E-state index in [4.69, 9.17) is 0 Å². The first-order valence-electron chi connectivity index (χ1n) is 5.87. The predicted molar refractivity (Wildman–Crippen MR) is 62.0 cm³/mol. The van der Waals surface area contributed by atoms with Crippen molar-refractivity contribution in [1.29, 1.82) is 0 Å². The van der Waals surface area contributed by atoms with Crippen molar-refractivity contribution in [2.45, 2.75) is 44.7 Å². The molecule has 1 aromatic rings. The standard InChI is InChI=1S/C13H19NO2.ClH/c1-9-12(15)13(16)10(2)14(9)8-11-6-4-3-5-7-11;/h3-7,9-10,12-13,15-16H,8H2,1-2H3;1H/t9-,10+,12-,13+;. The summed E-state index contributed by atoms with van der Waals surface area (Å²) in [5.74, 6) is 0. The van der Waals surface area contributed by atoms with E-state index in [0.717, 1.165) is 6.54 Å². The van der Waals surface area contributed by atoms with Crippen LogP contribution in [0.5, 0.6) is 0 Å². The zero-order valence-electron chi connectivity index (χ0n) is 10.2. The van der Waals surface area contributed by atoms with Gasteiger partial charge in [0.2, 0.25) is 0 Å². The second-order valence-corrected chi connectivity index (χ2v) is 4.80. The molecule has 0 spiro atoms. The summed E-state index contributed by atoms with van der Waals surface area (Å²) in [5, 5.41) is 19.6. The maximum absolute atomic E-state index is 9.81. The molecule has 5 atom stereocenters. The monoisotopic (exact) mass is 257 g/mol. The Morgan fingerprint density at radius 1 is 1.00 bits per heavy atom. The van der Waals surface area contributed by atoms with Crippen LogP contribution in [-0.2, 0) is 6.54 Å². The molecule has 96 valence electrons. The molecule has 0 saturated carbocycles. The predicted octanol–water partition coefficient (Wildman–Crippen LogP) is -3.41. The minimum absolute atomic E-state index is 0. The first kappa shape index (κ1) is 14.5. The highest BCUT2D eigenvalue weighted by molar-refractivity contribution is 5.13. The molecule has 3 nitrogen and oxygen atoms in total. The Kier molecular flexibility index (Phi) is 4.95. The number of hydrogen-bond donors (Lipinski definition) is 3. The SMILES string of the molecule is C[C@@H]1[C@@H](O)[C@@H](O)[C@H](C)[NH+]1Cc1ccccc1.[Cl-]. The van der Waals surface area contributed by atoms with Gasteiger partial charge in [0.25, 0.3) is 0 Å². The molecule has 1 aromatic carbocycles. The quantitative estimate of drug-likeness (QED) is 0.517. The number of nitrogens with one attached hydrogen (secondary N) is 1. The molecule has 2 rings (SSSR count). The lowest BCUT2D eigenvalue weighted by atomic mass is 10.1. The second kappa shape index (κ2) is 5.83. The minimum atomic E-state index is -0.603. The summed E-state index contributed by atoms with van der Waals surface area (Å²) in [6, 6.07) is 10.4. The number of halogens is 1. The smallest absolute Gasteiger partial charge is 0.137 e. The highest BCUT2D eigenvalue weighted by Gasteiger charge is 2.46. The third-order valence-electron chi connectivity index (χ3n) is 3.80. The number of likely N-dealkylation sites (tertiary alicyclic amines) is 1. The van der Waals surface area contributed by atoms with E-state index in [0.29, 0.717) is 0 Å². The fraction of sp³-hybridized carbons (Fsp3) is 0.538. The Morgan fingerprint density at radius 2 is 1.47 bits per heavy atom. The maximum Gasteiger partial charge on any atom is 0.137 e. The molecule has 1 aliphatic rings. The van der Waals surface area contributed by atoms with Crippen LogP contribution in [0.1, 0.15) is 19.4 Å². The van der Waals surface area contributed by atoms with Crippen molar-refractivity contribution < 1.29 is 27.5 Å². The van der Waals surface area contributed by atoms with Gasteiger partial charge in [-0.1, -0.05) is 30.3 Å².